The molecular formula is C24H23ClN2O2. The first-order chi connectivity index (χ1) is 14.0. The standard InChI is InChI=1S/C24H23ClN2O2/c1-16-9-8-14-21(17(16)2)26-23(28)15-22(18-10-4-3-5-11-18)27-24(29)19-12-6-7-13-20(19)25/h3-14,22H,15H2,1-2H3,(H,26,28)(H,27,29)/t22-/m1/s1. The molecule has 0 fully saturated rings. The third-order valence-electron chi connectivity index (χ3n) is 4.89. The quantitative estimate of drug-likeness (QED) is 0.571. The molecule has 0 aliphatic heterocycles. The van der Waals surface area contributed by atoms with Gasteiger partial charge in [-0.15, -0.1) is 0 Å². The topological polar surface area (TPSA) is 58.2 Å². The van der Waals surface area contributed by atoms with Gasteiger partial charge in [-0.3, -0.25) is 9.59 Å². The van der Waals surface area contributed by atoms with Crippen molar-refractivity contribution in [1.29, 1.82) is 0 Å². The van der Waals surface area contributed by atoms with Gasteiger partial charge in [0.15, 0.2) is 0 Å². The zero-order valence-corrected chi connectivity index (χ0v) is 17.2. The van der Waals surface area contributed by atoms with Crippen LogP contribution < -0.4 is 10.6 Å². The molecule has 0 unspecified atom stereocenters. The summed E-state index contributed by atoms with van der Waals surface area (Å²) in [5.74, 6) is -0.490. The molecule has 3 aromatic carbocycles. The fourth-order valence-corrected chi connectivity index (χ4v) is 3.31. The van der Waals surface area contributed by atoms with E-state index >= 15 is 0 Å². The van der Waals surface area contributed by atoms with Gasteiger partial charge in [0.25, 0.3) is 5.91 Å². The van der Waals surface area contributed by atoms with Crippen LogP contribution >= 0.6 is 11.6 Å². The number of carbonyl (C=O) groups is 2. The van der Waals surface area contributed by atoms with E-state index in [1.54, 1.807) is 24.3 Å². The van der Waals surface area contributed by atoms with E-state index in [9.17, 15) is 9.59 Å². The van der Waals surface area contributed by atoms with Crippen molar-refractivity contribution in [3.63, 3.8) is 0 Å². The Morgan fingerprint density at radius 3 is 2.31 bits per heavy atom. The Morgan fingerprint density at radius 2 is 1.59 bits per heavy atom. The van der Waals surface area contributed by atoms with Gasteiger partial charge in [0.05, 0.1) is 23.0 Å². The van der Waals surface area contributed by atoms with Gasteiger partial charge in [0, 0.05) is 5.69 Å². The SMILES string of the molecule is Cc1cccc(NC(=O)C[C@@H](NC(=O)c2ccccc2Cl)c2ccccc2)c1C. The van der Waals surface area contributed by atoms with Crippen LogP contribution in [-0.2, 0) is 4.79 Å². The second-order valence-corrected chi connectivity index (χ2v) is 7.32. The highest BCUT2D eigenvalue weighted by Crippen LogP contribution is 2.22. The lowest BCUT2D eigenvalue weighted by Crippen LogP contribution is -2.31. The maximum absolute atomic E-state index is 12.8. The minimum Gasteiger partial charge on any atom is -0.345 e. The van der Waals surface area contributed by atoms with E-state index in [-0.39, 0.29) is 18.2 Å². The first-order valence-corrected chi connectivity index (χ1v) is 9.80. The Kier molecular flexibility index (Phi) is 6.68. The third-order valence-corrected chi connectivity index (χ3v) is 5.22. The van der Waals surface area contributed by atoms with Crippen LogP contribution in [0, 0.1) is 13.8 Å². The lowest BCUT2D eigenvalue weighted by molar-refractivity contribution is -0.116. The van der Waals surface area contributed by atoms with Crippen molar-refractivity contribution < 1.29 is 9.59 Å². The van der Waals surface area contributed by atoms with E-state index in [0.717, 1.165) is 22.4 Å². The van der Waals surface area contributed by atoms with E-state index in [0.29, 0.717) is 10.6 Å². The monoisotopic (exact) mass is 406 g/mol. The Morgan fingerprint density at radius 1 is 0.897 bits per heavy atom. The second kappa shape index (κ2) is 9.39. The van der Waals surface area contributed by atoms with Crippen LogP contribution in [0.4, 0.5) is 5.69 Å². The number of rotatable bonds is 6. The normalized spacial score (nSPS) is 11.6. The highest BCUT2D eigenvalue weighted by Gasteiger charge is 2.20. The molecule has 4 nitrogen and oxygen atoms in total. The van der Waals surface area contributed by atoms with Crippen LogP contribution in [0.25, 0.3) is 0 Å². The number of benzene rings is 3. The summed E-state index contributed by atoms with van der Waals surface area (Å²) in [5, 5.41) is 6.28. The predicted octanol–water partition coefficient (Wildman–Crippen LogP) is 5.46. The Bertz CT molecular complexity index is 1020. The number of aryl methyl sites for hydroxylation is 1. The van der Waals surface area contributed by atoms with E-state index < -0.39 is 6.04 Å². The molecule has 0 bridgehead atoms. The molecule has 0 aliphatic carbocycles. The zero-order valence-electron chi connectivity index (χ0n) is 16.4. The fourth-order valence-electron chi connectivity index (χ4n) is 3.09. The van der Waals surface area contributed by atoms with Crippen molar-refractivity contribution in [2.75, 3.05) is 5.32 Å². The number of anilines is 1. The molecule has 0 heterocycles. The summed E-state index contributed by atoms with van der Waals surface area (Å²) >= 11 is 6.15. The van der Waals surface area contributed by atoms with Crippen molar-refractivity contribution in [3.05, 3.63) is 100 Å². The first kappa shape index (κ1) is 20.6. The Hall–Kier alpha value is -3.11. The molecule has 0 saturated carbocycles. The van der Waals surface area contributed by atoms with Crippen LogP contribution in [0.3, 0.4) is 0 Å². The predicted molar refractivity (Wildman–Crippen MR) is 117 cm³/mol. The average Bonchev–Trinajstić information content (AvgIpc) is 2.72. The van der Waals surface area contributed by atoms with Crippen molar-refractivity contribution in [2.45, 2.75) is 26.3 Å². The molecule has 0 radical (unpaired) electrons. The molecule has 2 N–H and O–H groups in total. The molecule has 0 saturated heterocycles. The largest absolute Gasteiger partial charge is 0.345 e. The summed E-state index contributed by atoms with van der Waals surface area (Å²) in [7, 11) is 0. The lowest BCUT2D eigenvalue weighted by atomic mass is 10.0. The minimum absolute atomic E-state index is 0.105. The van der Waals surface area contributed by atoms with Crippen LogP contribution in [0.1, 0.15) is 39.5 Å². The molecule has 5 heteroatoms. The second-order valence-electron chi connectivity index (χ2n) is 6.92. The van der Waals surface area contributed by atoms with Gasteiger partial charge in [0.1, 0.15) is 0 Å². The molecular weight excluding hydrogens is 384 g/mol. The van der Waals surface area contributed by atoms with Gasteiger partial charge in [-0.25, -0.2) is 0 Å². The van der Waals surface area contributed by atoms with Crippen LogP contribution in [0.5, 0.6) is 0 Å². The third kappa shape index (κ3) is 5.24. The van der Waals surface area contributed by atoms with Gasteiger partial charge >= 0.3 is 0 Å². The molecule has 0 aliphatic rings. The number of hydrogen-bond donors (Lipinski definition) is 2. The molecule has 2 amide bonds. The summed E-state index contributed by atoms with van der Waals surface area (Å²) in [4.78, 5) is 25.5. The number of amides is 2. The van der Waals surface area contributed by atoms with Crippen molar-refractivity contribution in [2.24, 2.45) is 0 Å². The highest BCUT2D eigenvalue weighted by molar-refractivity contribution is 6.33. The summed E-state index contributed by atoms with van der Waals surface area (Å²) in [5.41, 5.74) is 4.14. The smallest absolute Gasteiger partial charge is 0.253 e. The van der Waals surface area contributed by atoms with Gasteiger partial charge in [0.2, 0.25) is 5.91 Å². The van der Waals surface area contributed by atoms with Crippen LogP contribution in [0.15, 0.2) is 72.8 Å². The number of halogens is 1. The van der Waals surface area contributed by atoms with E-state index in [1.165, 1.54) is 0 Å². The first-order valence-electron chi connectivity index (χ1n) is 9.42. The highest BCUT2D eigenvalue weighted by atomic mass is 35.5. The Labute approximate surface area is 175 Å². The van der Waals surface area contributed by atoms with Crippen molar-refractivity contribution >= 4 is 29.1 Å². The molecule has 29 heavy (non-hydrogen) atoms. The van der Waals surface area contributed by atoms with Crippen LogP contribution in [-0.4, -0.2) is 11.8 Å². The van der Waals surface area contributed by atoms with E-state index in [2.05, 4.69) is 10.6 Å². The summed E-state index contributed by atoms with van der Waals surface area (Å²) in [6, 6.07) is 21.6. The molecule has 3 aromatic rings. The number of carbonyl (C=O) groups excluding carboxylic acids is 2. The molecule has 3 rings (SSSR count). The summed E-state index contributed by atoms with van der Waals surface area (Å²) < 4.78 is 0. The van der Waals surface area contributed by atoms with Crippen molar-refractivity contribution in [1.82, 2.24) is 5.32 Å². The summed E-state index contributed by atoms with van der Waals surface area (Å²) in [6.45, 7) is 3.97. The maximum Gasteiger partial charge on any atom is 0.253 e. The lowest BCUT2D eigenvalue weighted by Gasteiger charge is -2.20. The van der Waals surface area contributed by atoms with Crippen LogP contribution in [0.2, 0.25) is 5.02 Å². The van der Waals surface area contributed by atoms with Gasteiger partial charge < -0.3 is 10.6 Å². The fraction of sp³-hybridized carbons (Fsp3) is 0.167. The van der Waals surface area contributed by atoms with E-state index in [4.69, 9.17) is 11.6 Å². The summed E-state index contributed by atoms with van der Waals surface area (Å²) in [6.07, 6.45) is 0.105. The molecule has 1 atom stereocenters. The molecule has 0 aromatic heterocycles. The van der Waals surface area contributed by atoms with Gasteiger partial charge in [-0.1, -0.05) is 66.2 Å². The van der Waals surface area contributed by atoms with Crippen molar-refractivity contribution in [3.8, 4) is 0 Å². The minimum atomic E-state index is -0.481. The molecule has 148 valence electrons. The molecule has 0 spiro atoms. The number of hydrogen-bond acceptors (Lipinski definition) is 2. The Balaban J connectivity index is 1.79. The number of nitrogens with one attached hydrogen (secondary N) is 2. The average molecular weight is 407 g/mol. The maximum atomic E-state index is 12.8. The van der Waals surface area contributed by atoms with E-state index in [1.807, 2.05) is 62.4 Å². The zero-order chi connectivity index (χ0) is 20.8. The van der Waals surface area contributed by atoms with Gasteiger partial charge in [-0.2, -0.15) is 0 Å². The van der Waals surface area contributed by atoms with Gasteiger partial charge in [-0.05, 0) is 48.7 Å².